The first-order chi connectivity index (χ1) is 8.33. The average Bonchev–Trinajstić information content (AvgIpc) is 2.74. The number of fused-ring (bicyclic) bond motifs is 1. The number of hydrogen-bond acceptors (Lipinski definition) is 1. The van der Waals surface area contributed by atoms with Gasteiger partial charge in [0.05, 0.1) is 3.57 Å². The van der Waals surface area contributed by atoms with Crippen molar-refractivity contribution in [2.45, 2.75) is 0 Å². The summed E-state index contributed by atoms with van der Waals surface area (Å²) >= 11 is 2.27. The maximum atomic E-state index is 5.83. The minimum atomic E-state index is 0.773. The molecule has 3 aromatic rings. The molecule has 0 amide bonds. The van der Waals surface area contributed by atoms with Crippen LogP contribution in [0.3, 0.4) is 0 Å². The van der Waals surface area contributed by atoms with Gasteiger partial charge in [-0.1, -0.05) is 30.3 Å². The molecule has 3 heteroatoms. The summed E-state index contributed by atoms with van der Waals surface area (Å²) in [7, 11) is 0. The number of rotatable bonds is 2. The molecule has 0 radical (unpaired) electrons. The van der Waals surface area contributed by atoms with Crippen LogP contribution < -0.4 is 4.74 Å². The lowest BCUT2D eigenvalue weighted by molar-refractivity contribution is 0.464. The zero-order valence-electron chi connectivity index (χ0n) is 8.98. The van der Waals surface area contributed by atoms with Crippen LogP contribution in [0.4, 0.5) is 0 Å². The summed E-state index contributed by atoms with van der Waals surface area (Å²) in [5.41, 5.74) is 1.09. The molecule has 0 aliphatic carbocycles. The van der Waals surface area contributed by atoms with Gasteiger partial charge in [0.2, 0.25) is 0 Å². The van der Waals surface area contributed by atoms with Gasteiger partial charge in [-0.3, -0.25) is 0 Å². The summed E-state index contributed by atoms with van der Waals surface area (Å²) in [5, 5.41) is 1.16. The lowest BCUT2D eigenvalue weighted by atomic mass is 10.3. The van der Waals surface area contributed by atoms with Crippen molar-refractivity contribution < 1.29 is 4.74 Å². The number of ether oxygens (including phenoxy) is 1. The number of H-pyrrole nitrogens is 1. The van der Waals surface area contributed by atoms with Crippen LogP contribution in [-0.4, -0.2) is 4.98 Å². The van der Waals surface area contributed by atoms with E-state index in [9.17, 15) is 0 Å². The van der Waals surface area contributed by atoms with E-state index in [-0.39, 0.29) is 0 Å². The predicted molar refractivity (Wildman–Crippen MR) is 77.5 cm³/mol. The highest BCUT2D eigenvalue weighted by atomic mass is 127. The van der Waals surface area contributed by atoms with E-state index >= 15 is 0 Å². The fourth-order valence-electron chi connectivity index (χ4n) is 1.75. The molecule has 17 heavy (non-hydrogen) atoms. The second-order valence-electron chi connectivity index (χ2n) is 3.75. The summed E-state index contributed by atoms with van der Waals surface area (Å²) in [6, 6.07) is 18.1. The van der Waals surface area contributed by atoms with Crippen molar-refractivity contribution in [1.82, 2.24) is 4.98 Å². The number of aromatic nitrogens is 1. The minimum Gasteiger partial charge on any atom is -0.440 e. The third-order valence-corrected chi connectivity index (χ3v) is 3.45. The molecule has 0 spiro atoms. The van der Waals surface area contributed by atoms with Gasteiger partial charge in [0, 0.05) is 17.0 Å². The molecular weight excluding hydrogens is 325 g/mol. The number of para-hydroxylation sites is 2. The smallest absolute Gasteiger partial charge is 0.198 e. The molecule has 0 unspecified atom stereocenters. The Bertz CT molecular complexity index is 627. The van der Waals surface area contributed by atoms with Crippen LogP contribution in [0, 0.1) is 3.57 Å². The number of halogens is 1. The Morgan fingerprint density at radius 3 is 2.53 bits per heavy atom. The Balaban J connectivity index is 1.98. The molecule has 0 aliphatic rings. The van der Waals surface area contributed by atoms with Crippen molar-refractivity contribution in [2.24, 2.45) is 0 Å². The van der Waals surface area contributed by atoms with E-state index in [1.54, 1.807) is 0 Å². The molecule has 84 valence electrons. The van der Waals surface area contributed by atoms with Crippen molar-refractivity contribution in [2.75, 3.05) is 0 Å². The van der Waals surface area contributed by atoms with Crippen LogP contribution in [0.15, 0.2) is 54.6 Å². The number of aromatic amines is 1. The van der Waals surface area contributed by atoms with E-state index in [0.29, 0.717) is 0 Å². The van der Waals surface area contributed by atoms with Crippen LogP contribution in [-0.2, 0) is 0 Å². The van der Waals surface area contributed by atoms with E-state index in [4.69, 9.17) is 4.74 Å². The molecule has 2 aromatic carbocycles. The van der Waals surface area contributed by atoms with Crippen molar-refractivity contribution in [3.63, 3.8) is 0 Å². The molecule has 0 aliphatic heterocycles. The Labute approximate surface area is 113 Å². The summed E-state index contributed by atoms with van der Waals surface area (Å²) in [6.07, 6.45) is 0. The normalized spacial score (nSPS) is 10.6. The first kappa shape index (κ1) is 10.7. The Hall–Kier alpha value is -1.49. The number of nitrogens with one attached hydrogen (secondary N) is 1. The zero-order valence-corrected chi connectivity index (χ0v) is 11.1. The quantitative estimate of drug-likeness (QED) is 0.682. The molecule has 3 rings (SSSR count). The predicted octanol–water partition coefficient (Wildman–Crippen LogP) is 4.56. The van der Waals surface area contributed by atoms with Crippen molar-refractivity contribution in [3.05, 3.63) is 58.2 Å². The van der Waals surface area contributed by atoms with Gasteiger partial charge in [0.1, 0.15) is 5.75 Å². The second kappa shape index (κ2) is 4.41. The van der Waals surface area contributed by atoms with E-state index in [2.05, 4.69) is 33.6 Å². The van der Waals surface area contributed by atoms with Gasteiger partial charge >= 0.3 is 0 Å². The Kier molecular flexibility index (Phi) is 2.76. The first-order valence-corrected chi connectivity index (χ1v) is 6.41. The molecule has 0 fully saturated rings. The van der Waals surface area contributed by atoms with Crippen LogP contribution in [0.5, 0.6) is 11.6 Å². The van der Waals surface area contributed by atoms with Crippen LogP contribution in [0.2, 0.25) is 0 Å². The van der Waals surface area contributed by atoms with Gasteiger partial charge in [-0.05, 0) is 40.8 Å². The third-order valence-electron chi connectivity index (χ3n) is 2.56. The van der Waals surface area contributed by atoms with E-state index in [1.165, 1.54) is 0 Å². The van der Waals surface area contributed by atoms with Gasteiger partial charge in [-0.15, -0.1) is 0 Å². The summed E-state index contributed by atoms with van der Waals surface area (Å²) in [6.45, 7) is 0. The van der Waals surface area contributed by atoms with Crippen LogP contribution in [0.25, 0.3) is 10.9 Å². The maximum Gasteiger partial charge on any atom is 0.198 e. The molecule has 1 N–H and O–H groups in total. The molecular formula is C14H10INO. The monoisotopic (exact) mass is 335 g/mol. The highest BCUT2D eigenvalue weighted by Gasteiger charge is 2.04. The Morgan fingerprint density at radius 1 is 0.941 bits per heavy atom. The highest BCUT2D eigenvalue weighted by molar-refractivity contribution is 14.1. The fourth-order valence-corrected chi connectivity index (χ4v) is 2.25. The van der Waals surface area contributed by atoms with Gasteiger partial charge < -0.3 is 9.72 Å². The maximum absolute atomic E-state index is 5.83. The largest absolute Gasteiger partial charge is 0.440 e. The van der Waals surface area contributed by atoms with Gasteiger partial charge in [-0.25, -0.2) is 0 Å². The van der Waals surface area contributed by atoms with Crippen molar-refractivity contribution in [3.8, 4) is 11.6 Å². The first-order valence-electron chi connectivity index (χ1n) is 5.33. The summed E-state index contributed by atoms with van der Waals surface area (Å²) < 4.78 is 6.93. The summed E-state index contributed by atoms with van der Waals surface area (Å²) in [4.78, 5) is 3.25. The summed E-state index contributed by atoms with van der Waals surface area (Å²) in [5.74, 6) is 1.65. The average molecular weight is 335 g/mol. The number of hydrogen-bond donors (Lipinski definition) is 1. The van der Waals surface area contributed by atoms with E-state index in [0.717, 1.165) is 26.1 Å². The van der Waals surface area contributed by atoms with E-state index < -0.39 is 0 Å². The molecule has 2 nitrogen and oxygen atoms in total. The molecule has 1 aromatic heterocycles. The van der Waals surface area contributed by atoms with E-state index in [1.807, 2.05) is 48.5 Å². The van der Waals surface area contributed by atoms with Crippen molar-refractivity contribution >= 4 is 33.5 Å². The SMILES string of the molecule is Ic1ccccc1Oc1cc2ccccc2[nH]1. The lowest BCUT2D eigenvalue weighted by Gasteiger charge is -2.04. The third kappa shape index (κ3) is 2.15. The molecule has 0 bridgehead atoms. The van der Waals surface area contributed by atoms with Gasteiger partial charge in [0.25, 0.3) is 0 Å². The lowest BCUT2D eigenvalue weighted by Crippen LogP contribution is -1.86. The highest BCUT2D eigenvalue weighted by Crippen LogP contribution is 2.28. The topological polar surface area (TPSA) is 25.0 Å². The standard InChI is InChI=1S/C14H10INO/c15-11-6-2-4-8-13(11)17-14-9-10-5-1-3-7-12(10)16-14/h1-9,16H. The van der Waals surface area contributed by atoms with Crippen molar-refractivity contribution in [1.29, 1.82) is 0 Å². The van der Waals surface area contributed by atoms with Gasteiger partial charge in [-0.2, -0.15) is 0 Å². The van der Waals surface area contributed by atoms with Gasteiger partial charge in [0.15, 0.2) is 5.88 Å². The second-order valence-corrected chi connectivity index (χ2v) is 4.92. The molecule has 0 saturated heterocycles. The zero-order chi connectivity index (χ0) is 11.7. The Morgan fingerprint density at radius 2 is 1.71 bits per heavy atom. The molecule has 1 heterocycles. The molecule has 0 atom stereocenters. The van der Waals surface area contributed by atoms with Crippen LogP contribution >= 0.6 is 22.6 Å². The minimum absolute atomic E-state index is 0.773. The molecule has 0 saturated carbocycles. The fraction of sp³-hybridized carbons (Fsp3) is 0. The van der Waals surface area contributed by atoms with Crippen LogP contribution in [0.1, 0.15) is 0 Å². The number of benzene rings is 2.